The molecule has 0 spiro atoms. The quantitative estimate of drug-likeness (QED) is 0.502. The number of amides is 1. The van der Waals surface area contributed by atoms with E-state index in [0.717, 1.165) is 5.20 Å². The van der Waals surface area contributed by atoms with E-state index >= 15 is 0 Å². The maximum absolute atomic E-state index is 11.7. The van der Waals surface area contributed by atoms with E-state index in [1.54, 1.807) is 6.92 Å². The van der Waals surface area contributed by atoms with Gasteiger partial charge in [-0.3, -0.25) is 4.79 Å². The molecule has 0 aliphatic carbocycles. The summed E-state index contributed by atoms with van der Waals surface area (Å²) in [7, 11) is -9.06. The molecule has 0 unspecified atom stereocenters. The summed E-state index contributed by atoms with van der Waals surface area (Å²) < 4.78 is 19.6. The van der Waals surface area contributed by atoms with Gasteiger partial charge in [0, 0.05) is 10.8 Å². The molecule has 0 aliphatic rings. The van der Waals surface area contributed by atoms with Gasteiger partial charge in [0.15, 0.2) is 25.0 Å². The zero-order valence-corrected chi connectivity index (χ0v) is 20.7. The molecule has 1 amide bonds. The molecule has 0 aromatic heterocycles. The number of allylic oxidation sites excluding steroid dienone is 1. The van der Waals surface area contributed by atoms with Crippen molar-refractivity contribution in [3.8, 4) is 0 Å². The number of primary amides is 1. The average molecular weight is 394 g/mol. The van der Waals surface area contributed by atoms with Crippen LogP contribution in [0.2, 0.25) is 58.9 Å². The van der Waals surface area contributed by atoms with Crippen LogP contribution in [0.1, 0.15) is 13.8 Å². The Bertz CT molecular complexity index is 432. The maximum Gasteiger partial charge on any atom is 0.501 e. The first-order chi connectivity index (χ1) is 9.89. The lowest BCUT2D eigenvalue weighted by Gasteiger charge is -2.43. The number of carbonyl (C=O) groups is 1. The van der Waals surface area contributed by atoms with Crippen molar-refractivity contribution in [2.45, 2.75) is 72.8 Å². The molecule has 2 N–H and O–H groups in total. The molecular formula is C14H35NO4Si4. The van der Waals surface area contributed by atoms with Gasteiger partial charge in [0.05, 0.1) is 0 Å². The molecule has 0 atom stereocenters. The Kier molecular flexibility index (Phi) is 7.45. The first-order valence-corrected chi connectivity index (χ1v) is 19.9. The van der Waals surface area contributed by atoms with Gasteiger partial charge in [-0.05, 0) is 72.8 Å². The van der Waals surface area contributed by atoms with E-state index in [1.807, 2.05) is 6.92 Å². The zero-order valence-electron chi connectivity index (χ0n) is 16.7. The van der Waals surface area contributed by atoms with E-state index in [9.17, 15) is 4.79 Å². The first kappa shape index (κ1) is 23.0. The van der Waals surface area contributed by atoms with Crippen molar-refractivity contribution in [3.63, 3.8) is 0 Å². The van der Waals surface area contributed by atoms with Crippen molar-refractivity contribution in [2.75, 3.05) is 0 Å². The smallest absolute Gasteiger partial charge is 0.414 e. The summed E-state index contributed by atoms with van der Waals surface area (Å²) in [5.74, 6) is -0.447. The minimum Gasteiger partial charge on any atom is -0.414 e. The van der Waals surface area contributed by atoms with Crippen LogP contribution in [-0.4, -0.2) is 39.7 Å². The highest BCUT2D eigenvalue weighted by Gasteiger charge is 2.52. The molecule has 23 heavy (non-hydrogen) atoms. The SMILES string of the molecule is C/C(C(N)=O)=C(/C)[Si](O[Si](C)(C)C)(O[Si](C)(C)C)O[Si](C)(C)C. The van der Waals surface area contributed by atoms with E-state index < -0.39 is 39.7 Å². The maximum atomic E-state index is 11.7. The lowest BCUT2D eigenvalue weighted by molar-refractivity contribution is -0.114. The van der Waals surface area contributed by atoms with Gasteiger partial charge in [-0.15, -0.1) is 0 Å². The van der Waals surface area contributed by atoms with E-state index in [-0.39, 0.29) is 0 Å². The largest absolute Gasteiger partial charge is 0.501 e. The number of carbonyl (C=O) groups excluding carboxylic acids is 1. The van der Waals surface area contributed by atoms with Crippen molar-refractivity contribution in [1.82, 2.24) is 0 Å². The van der Waals surface area contributed by atoms with Crippen molar-refractivity contribution in [2.24, 2.45) is 5.73 Å². The van der Waals surface area contributed by atoms with Gasteiger partial charge >= 0.3 is 8.80 Å². The van der Waals surface area contributed by atoms with Crippen LogP contribution in [0.4, 0.5) is 0 Å². The van der Waals surface area contributed by atoms with E-state index in [2.05, 4.69) is 58.9 Å². The van der Waals surface area contributed by atoms with E-state index in [1.165, 1.54) is 0 Å². The predicted octanol–water partition coefficient (Wildman–Crippen LogP) is 3.84. The van der Waals surface area contributed by atoms with Gasteiger partial charge in [-0.25, -0.2) is 0 Å². The lowest BCUT2D eigenvalue weighted by Crippen LogP contribution is -2.62. The third-order valence-corrected chi connectivity index (χ3v) is 14.6. The third-order valence-electron chi connectivity index (χ3n) is 2.71. The molecule has 0 radical (unpaired) electrons. The Balaban J connectivity index is 6.35. The normalized spacial score (nSPS) is 15.4. The highest BCUT2D eigenvalue weighted by Crippen LogP contribution is 2.32. The van der Waals surface area contributed by atoms with Gasteiger partial charge in [-0.2, -0.15) is 0 Å². The number of hydrogen-bond acceptors (Lipinski definition) is 4. The second-order valence-corrected chi connectivity index (χ2v) is 25.8. The topological polar surface area (TPSA) is 70.8 Å². The molecule has 0 saturated heterocycles. The van der Waals surface area contributed by atoms with Crippen LogP contribution in [0.15, 0.2) is 10.8 Å². The number of hydrogen-bond donors (Lipinski definition) is 1. The molecule has 5 nitrogen and oxygen atoms in total. The summed E-state index contributed by atoms with van der Waals surface area (Å²) in [6.45, 7) is 22.6. The molecule has 0 fully saturated rings. The van der Waals surface area contributed by atoms with Crippen LogP contribution in [0.5, 0.6) is 0 Å². The summed E-state index contributed by atoms with van der Waals surface area (Å²) in [6, 6.07) is 0. The van der Waals surface area contributed by atoms with Gasteiger partial charge in [-0.1, -0.05) is 0 Å². The summed E-state index contributed by atoms with van der Waals surface area (Å²) >= 11 is 0. The molecule has 136 valence electrons. The summed E-state index contributed by atoms with van der Waals surface area (Å²) in [6.07, 6.45) is 0. The number of nitrogens with two attached hydrogens (primary N) is 1. The van der Waals surface area contributed by atoms with Crippen LogP contribution in [0, 0.1) is 0 Å². The molecule has 0 aromatic carbocycles. The van der Waals surface area contributed by atoms with Crippen LogP contribution in [0.25, 0.3) is 0 Å². The highest BCUT2D eigenvalue weighted by molar-refractivity contribution is 6.93. The minimum absolute atomic E-state index is 0.447. The Morgan fingerprint density at radius 2 is 0.957 bits per heavy atom. The fraction of sp³-hybridized carbons (Fsp3) is 0.786. The van der Waals surface area contributed by atoms with Crippen LogP contribution >= 0.6 is 0 Å². The Morgan fingerprint density at radius 1 is 0.696 bits per heavy atom. The van der Waals surface area contributed by atoms with E-state index in [0.29, 0.717) is 5.57 Å². The molecule has 0 aliphatic heterocycles. The molecule has 0 rings (SSSR count). The third kappa shape index (κ3) is 8.56. The molecule has 9 heteroatoms. The minimum atomic E-state index is -3.17. The fourth-order valence-electron chi connectivity index (χ4n) is 1.92. The average Bonchev–Trinajstić information content (AvgIpc) is 2.18. The van der Waals surface area contributed by atoms with E-state index in [4.69, 9.17) is 18.1 Å². The molecule has 0 heterocycles. The predicted molar refractivity (Wildman–Crippen MR) is 107 cm³/mol. The summed E-state index contributed by atoms with van der Waals surface area (Å²) in [5, 5.41) is 0.761. The summed E-state index contributed by atoms with van der Waals surface area (Å²) in [5.41, 5.74) is 6.01. The summed E-state index contributed by atoms with van der Waals surface area (Å²) in [4.78, 5) is 11.7. The fourth-order valence-corrected chi connectivity index (χ4v) is 15.6. The molecule has 0 bridgehead atoms. The molecule has 0 saturated carbocycles. The second kappa shape index (κ2) is 7.46. The molecule has 0 aromatic rings. The van der Waals surface area contributed by atoms with Gasteiger partial charge in [0.1, 0.15) is 0 Å². The monoisotopic (exact) mass is 393 g/mol. The van der Waals surface area contributed by atoms with Crippen LogP contribution in [-0.2, 0) is 17.1 Å². The molecular weight excluding hydrogens is 359 g/mol. The van der Waals surface area contributed by atoms with Gasteiger partial charge in [0.2, 0.25) is 5.91 Å². The van der Waals surface area contributed by atoms with Crippen molar-refractivity contribution >= 4 is 39.7 Å². The Hall–Kier alpha value is -0.0425. The van der Waals surface area contributed by atoms with Crippen molar-refractivity contribution in [3.05, 3.63) is 10.8 Å². The highest BCUT2D eigenvalue weighted by atomic mass is 28.5. The first-order valence-electron chi connectivity index (χ1n) is 7.97. The van der Waals surface area contributed by atoms with Crippen LogP contribution in [0.3, 0.4) is 0 Å². The van der Waals surface area contributed by atoms with Crippen LogP contribution < -0.4 is 5.73 Å². The van der Waals surface area contributed by atoms with Crippen molar-refractivity contribution in [1.29, 1.82) is 0 Å². The second-order valence-electron chi connectivity index (χ2n) is 8.81. The van der Waals surface area contributed by atoms with Gasteiger partial charge < -0.3 is 18.1 Å². The Labute approximate surface area is 146 Å². The Morgan fingerprint density at radius 3 is 1.13 bits per heavy atom. The number of rotatable bonds is 8. The lowest BCUT2D eigenvalue weighted by atomic mass is 10.3. The van der Waals surface area contributed by atoms with Crippen molar-refractivity contribution < 1.29 is 17.1 Å². The zero-order chi connectivity index (χ0) is 18.9. The van der Waals surface area contributed by atoms with Gasteiger partial charge in [0.25, 0.3) is 0 Å². The standard InChI is InChI=1S/C14H35NO4Si4/c1-12(14(15)16)13(2)23(17-20(3,4)5,18-21(6,7)8)19-22(9,10)11/h1-11H3,(H2,15,16)/b13-12+.